The van der Waals surface area contributed by atoms with Crippen LogP contribution in [0.4, 0.5) is 0 Å². The fourth-order valence-corrected chi connectivity index (χ4v) is 10.5. The molecular weight excluding hydrogens is 1040 g/mol. The van der Waals surface area contributed by atoms with Crippen LogP contribution in [0, 0.1) is 11.8 Å². The van der Waals surface area contributed by atoms with Crippen LogP contribution in [0.15, 0.2) is 24.3 Å². The molecular formula is C55H93N9O16. The third-order valence-corrected chi connectivity index (χ3v) is 15.3. The van der Waals surface area contributed by atoms with Crippen LogP contribution in [0.5, 0.6) is 5.75 Å². The van der Waals surface area contributed by atoms with Gasteiger partial charge in [-0.15, -0.1) is 0 Å². The minimum atomic E-state index is -2.28. The molecule has 16 atom stereocenters. The molecule has 3 fully saturated rings. The number of aliphatic hydroxyl groups excluding tert-OH is 7. The van der Waals surface area contributed by atoms with Crippen LogP contribution >= 0.6 is 0 Å². The Morgan fingerprint density at radius 1 is 0.738 bits per heavy atom. The molecule has 7 amide bonds. The summed E-state index contributed by atoms with van der Waals surface area (Å²) in [6.07, 6.45) is -7.40. The van der Waals surface area contributed by atoms with Crippen molar-refractivity contribution < 1.29 is 79.2 Å². The van der Waals surface area contributed by atoms with Crippen molar-refractivity contribution in [2.24, 2.45) is 17.6 Å². The van der Waals surface area contributed by atoms with E-state index in [-0.39, 0.29) is 62.9 Å². The third kappa shape index (κ3) is 20.1. The normalized spacial score (nSPS) is 28.1. The zero-order valence-corrected chi connectivity index (χ0v) is 47.4. The Morgan fingerprint density at radius 3 is 2.00 bits per heavy atom. The summed E-state index contributed by atoms with van der Waals surface area (Å²) in [5, 5.41) is 105. The van der Waals surface area contributed by atoms with Gasteiger partial charge in [0.15, 0.2) is 6.23 Å². The molecule has 1 aromatic rings. The number of carbonyl (C=O) groups is 7. The van der Waals surface area contributed by atoms with Crippen LogP contribution in [0.1, 0.15) is 143 Å². The number of ether oxygens (including phenoxy) is 1. The number of fused-ring (bicyclic) bond motifs is 2. The lowest BCUT2D eigenvalue weighted by atomic mass is 9.91. The second-order valence-electron chi connectivity index (χ2n) is 22.4. The van der Waals surface area contributed by atoms with Crippen molar-refractivity contribution in [3.63, 3.8) is 0 Å². The number of unbranched alkanes of at least 4 members (excludes halogenated alkanes) is 5. The molecule has 25 nitrogen and oxygen atoms in total. The van der Waals surface area contributed by atoms with Crippen LogP contribution in [-0.4, -0.2) is 210 Å². The Bertz CT molecular complexity index is 2140. The van der Waals surface area contributed by atoms with Crippen molar-refractivity contribution in [1.82, 2.24) is 41.7 Å². The van der Waals surface area contributed by atoms with Crippen LogP contribution in [0.3, 0.4) is 0 Å². The number of aromatic hydroxyl groups is 1. The maximum atomic E-state index is 14.7. The summed E-state index contributed by atoms with van der Waals surface area (Å²) in [5.41, 5.74) is 5.72. The highest BCUT2D eigenvalue weighted by Gasteiger charge is 2.49. The number of nitrogens with zero attached hydrogens (tertiary/aromatic N) is 2. The molecule has 3 saturated heterocycles. The quantitative estimate of drug-likeness (QED) is 0.0478. The molecule has 0 spiro atoms. The molecule has 0 bridgehead atoms. The van der Waals surface area contributed by atoms with E-state index >= 15 is 0 Å². The van der Waals surface area contributed by atoms with Gasteiger partial charge in [-0.3, -0.25) is 33.6 Å². The number of amides is 7. The lowest BCUT2D eigenvalue weighted by Gasteiger charge is -2.35. The van der Waals surface area contributed by atoms with Crippen LogP contribution < -0.4 is 37.6 Å². The molecule has 3 heterocycles. The van der Waals surface area contributed by atoms with Crippen molar-refractivity contribution in [1.29, 1.82) is 0 Å². The van der Waals surface area contributed by atoms with Crippen molar-refractivity contribution >= 4 is 41.4 Å². The van der Waals surface area contributed by atoms with Gasteiger partial charge in [-0.05, 0) is 68.7 Å². The fraction of sp³-hybridized carbons (Fsp3) is 0.764. The number of nitrogens with two attached hydrogens (primary N) is 1. The number of hydrogen-bond donors (Lipinski definition) is 15. The molecule has 0 aromatic heterocycles. The number of carbonyl (C=O) groups excluding carboxylic acids is 7. The van der Waals surface area contributed by atoms with Gasteiger partial charge in [0.1, 0.15) is 60.3 Å². The van der Waals surface area contributed by atoms with E-state index in [4.69, 9.17) is 10.5 Å². The molecule has 4 rings (SSSR count). The Balaban J connectivity index is 1.76. The second-order valence-corrected chi connectivity index (χ2v) is 22.4. The van der Waals surface area contributed by atoms with Gasteiger partial charge in [-0.25, -0.2) is 0 Å². The zero-order chi connectivity index (χ0) is 59.4. The number of nitrogens with one attached hydrogen (secondary N) is 6. The summed E-state index contributed by atoms with van der Waals surface area (Å²) in [4.78, 5) is 103. The minimum absolute atomic E-state index is 0.0191. The molecule has 16 unspecified atom stereocenters. The molecule has 16 N–H and O–H groups in total. The van der Waals surface area contributed by atoms with E-state index in [1.165, 1.54) is 30.7 Å². The predicted molar refractivity (Wildman–Crippen MR) is 292 cm³/mol. The number of benzene rings is 1. The molecule has 80 heavy (non-hydrogen) atoms. The van der Waals surface area contributed by atoms with Gasteiger partial charge in [0.05, 0.1) is 31.0 Å². The van der Waals surface area contributed by atoms with Gasteiger partial charge in [-0.1, -0.05) is 91.7 Å². The van der Waals surface area contributed by atoms with E-state index in [1.807, 2.05) is 13.8 Å². The first kappa shape index (κ1) is 67.4. The summed E-state index contributed by atoms with van der Waals surface area (Å²) in [7, 11) is 0. The second kappa shape index (κ2) is 33.1. The monoisotopic (exact) mass is 1140 g/mol. The van der Waals surface area contributed by atoms with E-state index in [9.17, 15) is 74.4 Å². The lowest BCUT2D eigenvalue weighted by Crippen LogP contribution is -2.64. The third-order valence-electron chi connectivity index (χ3n) is 15.3. The Morgan fingerprint density at radius 2 is 1.36 bits per heavy atom. The van der Waals surface area contributed by atoms with Crippen LogP contribution in [0.2, 0.25) is 0 Å². The highest BCUT2D eigenvalue weighted by atomic mass is 16.5. The molecule has 25 heteroatoms. The highest BCUT2D eigenvalue weighted by Crippen LogP contribution is 2.27. The van der Waals surface area contributed by atoms with E-state index in [0.717, 1.165) is 55.2 Å². The van der Waals surface area contributed by atoms with Crippen molar-refractivity contribution in [3.05, 3.63) is 29.8 Å². The first-order valence-electron chi connectivity index (χ1n) is 28.6. The Kier molecular flexibility index (Phi) is 27.9. The van der Waals surface area contributed by atoms with Crippen LogP contribution in [-0.2, 0) is 38.3 Å². The molecule has 1 aromatic carbocycles. The maximum absolute atomic E-state index is 14.7. The molecule has 0 radical (unpaired) electrons. The van der Waals surface area contributed by atoms with Gasteiger partial charge >= 0.3 is 0 Å². The van der Waals surface area contributed by atoms with Gasteiger partial charge in [-0.2, -0.15) is 0 Å². The van der Waals surface area contributed by atoms with Gasteiger partial charge < -0.3 is 93.0 Å². The topological polar surface area (TPSA) is 395 Å². The van der Waals surface area contributed by atoms with E-state index in [1.54, 1.807) is 0 Å². The van der Waals surface area contributed by atoms with Crippen molar-refractivity contribution in [3.8, 4) is 5.75 Å². The largest absolute Gasteiger partial charge is 0.508 e. The molecule has 0 aliphatic carbocycles. The maximum Gasteiger partial charge on any atom is 0.248 e. The Labute approximate surface area is 469 Å². The zero-order valence-electron chi connectivity index (χ0n) is 47.4. The van der Waals surface area contributed by atoms with E-state index < -0.39 is 146 Å². The number of phenolic OH excluding ortho intramolecular Hbond substituents is 1. The lowest BCUT2D eigenvalue weighted by molar-refractivity contribution is -0.150. The van der Waals surface area contributed by atoms with E-state index in [0.29, 0.717) is 24.7 Å². The summed E-state index contributed by atoms with van der Waals surface area (Å²) < 4.78 is 5.99. The van der Waals surface area contributed by atoms with Gasteiger partial charge in [0, 0.05) is 44.9 Å². The van der Waals surface area contributed by atoms with Gasteiger partial charge in [0.2, 0.25) is 41.4 Å². The summed E-state index contributed by atoms with van der Waals surface area (Å²) in [5.74, 6) is -6.51. The molecule has 3 aliphatic rings. The summed E-state index contributed by atoms with van der Waals surface area (Å²) in [6.45, 7) is 10.6. The number of phenols is 1. The summed E-state index contributed by atoms with van der Waals surface area (Å²) >= 11 is 0. The van der Waals surface area contributed by atoms with Crippen molar-refractivity contribution in [2.45, 2.75) is 223 Å². The van der Waals surface area contributed by atoms with E-state index in [2.05, 4.69) is 52.7 Å². The fourth-order valence-electron chi connectivity index (χ4n) is 10.5. The van der Waals surface area contributed by atoms with Gasteiger partial charge in [0.25, 0.3) is 0 Å². The van der Waals surface area contributed by atoms with Crippen LogP contribution in [0.25, 0.3) is 0 Å². The molecule has 454 valence electrons. The highest BCUT2D eigenvalue weighted by molar-refractivity contribution is 5.98. The molecule has 0 saturated carbocycles. The average molecular weight is 1140 g/mol. The molecule has 3 aliphatic heterocycles. The Hall–Kier alpha value is -5.09. The first-order chi connectivity index (χ1) is 37.9. The smallest absolute Gasteiger partial charge is 0.248 e. The number of hydrogen-bond acceptors (Lipinski definition) is 18. The summed E-state index contributed by atoms with van der Waals surface area (Å²) in [6, 6.07) is -6.50. The number of aliphatic hydroxyl groups is 7. The first-order valence-corrected chi connectivity index (χ1v) is 28.6. The average Bonchev–Trinajstić information content (AvgIpc) is 4.12. The SMILES string of the molecule is CCC(C)CC(C)CCCCCCCCC(=O)NC1CC(O)C(OCCNC(C)C)NC(=O)C2C(O)CCN2C(=O)C(C(O)CCN)NC(=O)C(C(O)C(O)c2ccc(O)cc2)NC(=O)C2CC(O)CN2C(=O)C(C(C)O)NC1=O. The predicted octanol–water partition coefficient (Wildman–Crippen LogP) is -1.85. The van der Waals surface area contributed by atoms with Crippen molar-refractivity contribution in [2.75, 3.05) is 32.8 Å². The minimum Gasteiger partial charge on any atom is -0.508 e. The number of rotatable bonds is 25. The standard InChI is InChI=1S/C55H93N9O16/c1-7-31(4)26-32(5)14-12-10-8-9-11-13-15-42(71)58-37-28-41(70)53(80-25-23-57-30(2)3)62-52(77)46-40(69)21-24-63(46)55(79)44(39(68)20-22-56)60-51(76)45(48(73)47(72)34-16-18-35(66)19-17-34)61-50(75)38-27-36(67)29-64(38)54(78)43(33(6)65)59-49(37)74/h16-19,30-33,36-41,43-48,53,57,65-70,72-73H,7-15,20-29,56H2,1-6H3,(H,58,71)(H,59,74)(H,60,76)(H,61,75)(H,62,77).